The van der Waals surface area contributed by atoms with Crippen LogP contribution in [0, 0.1) is 0 Å². The highest BCUT2D eigenvalue weighted by Crippen LogP contribution is 2.11. The normalized spacial score (nSPS) is 20.9. The Kier molecular flexibility index (Phi) is 5.68. The Hall–Kier alpha value is -0.170. The lowest BCUT2D eigenvalue weighted by Gasteiger charge is -2.32. The summed E-state index contributed by atoms with van der Waals surface area (Å²) in [4.78, 5) is 2.31. The van der Waals surface area contributed by atoms with Crippen molar-refractivity contribution in [2.24, 2.45) is 0 Å². The van der Waals surface area contributed by atoms with Crippen LogP contribution in [0.15, 0.2) is 0 Å². The van der Waals surface area contributed by atoms with E-state index < -0.39 is 10.0 Å². The SMILES string of the molecule is CC(CNS(=O)(=O)CCO)N1CCCCC1. The van der Waals surface area contributed by atoms with E-state index >= 15 is 0 Å². The Morgan fingerprint density at radius 2 is 1.94 bits per heavy atom. The molecule has 0 spiro atoms. The fourth-order valence-electron chi connectivity index (χ4n) is 1.93. The van der Waals surface area contributed by atoms with E-state index in [0.29, 0.717) is 6.54 Å². The van der Waals surface area contributed by atoms with E-state index in [2.05, 4.69) is 9.62 Å². The Morgan fingerprint density at radius 1 is 1.31 bits per heavy atom. The second-order valence-corrected chi connectivity index (χ2v) is 6.26. The maximum absolute atomic E-state index is 11.3. The van der Waals surface area contributed by atoms with E-state index in [1.54, 1.807) is 0 Å². The lowest BCUT2D eigenvalue weighted by molar-refractivity contribution is 0.175. The van der Waals surface area contributed by atoms with Crippen LogP contribution in [0.4, 0.5) is 0 Å². The zero-order valence-electron chi connectivity index (χ0n) is 9.85. The van der Waals surface area contributed by atoms with Gasteiger partial charge in [0.1, 0.15) is 0 Å². The van der Waals surface area contributed by atoms with Crippen LogP contribution in [-0.2, 0) is 10.0 Å². The standard InChI is InChI=1S/C10H22N2O3S/c1-10(12-5-3-2-4-6-12)9-11-16(14,15)8-7-13/h10-11,13H,2-9H2,1H3. The molecule has 1 unspecified atom stereocenters. The van der Waals surface area contributed by atoms with Crippen molar-refractivity contribution in [1.29, 1.82) is 0 Å². The number of aliphatic hydroxyl groups is 1. The third-order valence-electron chi connectivity index (χ3n) is 2.97. The molecule has 1 heterocycles. The van der Waals surface area contributed by atoms with E-state index in [9.17, 15) is 8.42 Å². The molecule has 0 aliphatic carbocycles. The molecule has 0 amide bonds. The molecule has 0 bridgehead atoms. The van der Waals surface area contributed by atoms with Crippen molar-refractivity contribution in [3.63, 3.8) is 0 Å². The van der Waals surface area contributed by atoms with Gasteiger partial charge >= 0.3 is 0 Å². The third-order valence-corrected chi connectivity index (χ3v) is 4.30. The number of rotatable bonds is 6. The smallest absolute Gasteiger partial charge is 0.213 e. The molecule has 1 rings (SSSR count). The van der Waals surface area contributed by atoms with Crippen LogP contribution < -0.4 is 4.72 Å². The van der Waals surface area contributed by atoms with Gasteiger partial charge in [0.2, 0.25) is 10.0 Å². The molecule has 6 heteroatoms. The highest BCUT2D eigenvalue weighted by atomic mass is 32.2. The molecule has 1 aliphatic rings. The summed E-state index contributed by atoms with van der Waals surface area (Å²) in [7, 11) is -3.29. The summed E-state index contributed by atoms with van der Waals surface area (Å²) >= 11 is 0. The number of piperidine rings is 1. The molecule has 1 saturated heterocycles. The molecule has 1 aliphatic heterocycles. The van der Waals surface area contributed by atoms with E-state index in [0.717, 1.165) is 13.1 Å². The average Bonchev–Trinajstić information content (AvgIpc) is 2.27. The van der Waals surface area contributed by atoms with Crippen LogP contribution in [0.5, 0.6) is 0 Å². The summed E-state index contributed by atoms with van der Waals surface area (Å²) in [6.07, 6.45) is 3.68. The molecule has 0 aromatic carbocycles. The fraction of sp³-hybridized carbons (Fsp3) is 1.00. The van der Waals surface area contributed by atoms with Crippen LogP contribution in [0.25, 0.3) is 0 Å². The number of hydrogen-bond acceptors (Lipinski definition) is 4. The van der Waals surface area contributed by atoms with Gasteiger partial charge in [0, 0.05) is 12.6 Å². The number of aliphatic hydroxyl groups excluding tert-OH is 1. The highest BCUT2D eigenvalue weighted by Gasteiger charge is 2.18. The predicted octanol–water partition coefficient (Wildman–Crippen LogP) is -0.227. The topological polar surface area (TPSA) is 69.6 Å². The van der Waals surface area contributed by atoms with Gasteiger partial charge < -0.3 is 5.11 Å². The zero-order chi connectivity index (χ0) is 12.0. The van der Waals surface area contributed by atoms with E-state index in [4.69, 9.17) is 5.11 Å². The molecule has 16 heavy (non-hydrogen) atoms. The minimum atomic E-state index is -3.29. The fourth-order valence-corrected chi connectivity index (χ4v) is 2.81. The summed E-state index contributed by atoms with van der Waals surface area (Å²) in [5.41, 5.74) is 0. The number of nitrogens with zero attached hydrogens (tertiary/aromatic N) is 1. The summed E-state index contributed by atoms with van der Waals surface area (Å²) in [5.74, 6) is -0.209. The van der Waals surface area contributed by atoms with Gasteiger partial charge in [-0.25, -0.2) is 13.1 Å². The number of sulfonamides is 1. The first-order chi connectivity index (χ1) is 7.55. The van der Waals surface area contributed by atoms with Crippen molar-refractivity contribution in [2.45, 2.75) is 32.2 Å². The first-order valence-corrected chi connectivity index (χ1v) is 7.52. The van der Waals surface area contributed by atoms with Gasteiger partial charge in [-0.1, -0.05) is 6.42 Å². The lowest BCUT2D eigenvalue weighted by Crippen LogP contribution is -2.45. The van der Waals surface area contributed by atoms with Crippen molar-refractivity contribution < 1.29 is 13.5 Å². The second-order valence-electron chi connectivity index (χ2n) is 4.34. The molecule has 2 N–H and O–H groups in total. The monoisotopic (exact) mass is 250 g/mol. The molecule has 0 aromatic rings. The van der Waals surface area contributed by atoms with Gasteiger partial charge in [-0.15, -0.1) is 0 Å². The van der Waals surface area contributed by atoms with Gasteiger partial charge in [-0.3, -0.25) is 4.90 Å². The number of nitrogens with one attached hydrogen (secondary N) is 1. The van der Waals surface area contributed by atoms with Crippen molar-refractivity contribution in [3.8, 4) is 0 Å². The summed E-state index contributed by atoms with van der Waals surface area (Å²) in [6, 6.07) is 0.230. The van der Waals surface area contributed by atoms with Crippen molar-refractivity contribution in [3.05, 3.63) is 0 Å². The zero-order valence-corrected chi connectivity index (χ0v) is 10.7. The minimum absolute atomic E-state index is 0.209. The highest BCUT2D eigenvalue weighted by molar-refractivity contribution is 7.89. The Morgan fingerprint density at radius 3 is 2.50 bits per heavy atom. The van der Waals surface area contributed by atoms with Crippen LogP contribution >= 0.6 is 0 Å². The molecule has 0 saturated carbocycles. The van der Waals surface area contributed by atoms with E-state index in [1.165, 1.54) is 19.3 Å². The largest absolute Gasteiger partial charge is 0.395 e. The van der Waals surface area contributed by atoms with Gasteiger partial charge in [0.05, 0.1) is 12.4 Å². The van der Waals surface area contributed by atoms with Crippen LogP contribution in [0.2, 0.25) is 0 Å². The minimum Gasteiger partial charge on any atom is -0.395 e. The molecular weight excluding hydrogens is 228 g/mol. The third kappa shape index (κ3) is 4.78. The summed E-state index contributed by atoms with van der Waals surface area (Å²) < 4.78 is 25.2. The Balaban J connectivity index is 2.31. The van der Waals surface area contributed by atoms with E-state index in [-0.39, 0.29) is 18.4 Å². The molecule has 1 fully saturated rings. The van der Waals surface area contributed by atoms with Gasteiger partial charge in [0.15, 0.2) is 0 Å². The van der Waals surface area contributed by atoms with Gasteiger partial charge in [-0.05, 0) is 32.9 Å². The second kappa shape index (κ2) is 6.54. The maximum atomic E-state index is 11.3. The molecule has 96 valence electrons. The van der Waals surface area contributed by atoms with Crippen molar-refractivity contribution in [2.75, 3.05) is 32.0 Å². The van der Waals surface area contributed by atoms with Crippen LogP contribution in [0.3, 0.4) is 0 Å². The summed E-state index contributed by atoms with van der Waals surface area (Å²) in [5, 5.41) is 8.59. The number of hydrogen-bond donors (Lipinski definition) is 2. The molecule has 0 radical (unpaired) electrons. The van der Waals surface area contributed by atoms with E-state index in [1.807, 2.05) is 6.92 Å². The average molecular weight is 250 g/mol. The first-order valence-electron chi connectivity index (χ1n) is 5.87. The molecular formula is C10H22N2O3S. The number of likely N-dealkylation sites (tertiary alicyclic amines) is 1. The molecule has 0 aromatic heterocycles. The summed E-state index contributed by atoms with van der Waals surface area (Å²) in [6.45, 7) is 4.26. The first kappa shape index (κ1) is 13.9. The van der Waals surface area contributed by atoms with Crippen molar-refractivity contribution in [1.82, 2.24) is 9.62 Å². The Bertz CT molecular complexity index is 286. The van der Waals surface area contributed by atoms with Crippen LogP contribution in [0.1, 0.15) is 26.2 Å². The van der Waals surface area contributed by atoms with Gasteiger partial charge in [0.25, 0.3) is 0 Å². The lowest BCUT2D eigenvalue weighted by atomic mass is 10.1. The van der Waals surface area contributed by atoms with Crippen LogP contribution in [-0.4, -0.2) is 56.5 Å². The predicted molar refractivity (Wildman–Crippen MR) is 63.8 cm³/mol. The molecule has 1 atom stereocenters. The quantitative estimate of drug-likeness (QED) is 0.683. The molecule has 5 nitrogen and oxygen atoms in total. The Labute approximate surface area is 97.9 Å². The maximum Gasteiger partial charge on any atom is 0.213 e. The van der Waals surface area contributed by atoms with Gasteiger partial charge in [-0.2, -0.15) is 0 Å². The van der Waals surface area contributed by atoms with Crippen molar-refractivity contribution >= 4 is 10.0 Å².